The van der Waals surface area contributed by atoms with Crippen LogP contribution in [0.4, 0.5) is 11.6 Å². The standard InChI is InChI=1S/C10H8Cl2N4S/c11-7-2-1-6(9(13)16-7)17-5-3-4-15-10(14)8(5)12/h1-4H,(H2,13,16)(H2,14,15). The fourth-order valence-corrected chi connectivity index (χ4v) is 2.39. The molecular weight excluding hydrogens is 279 g/mol. The van der Waals surface area contributed by atoms with Crippen LogP contribution >= 0.6 is 35.0 Å². The number of rotatable bonds is 2. The second-order valence-corrected chi connectivity index (χ2v) is 4.98. The molecule has 0 saturated heterocycles. The van der Waals surface area contributed by atoms with E-state index >= 15 is 0 Å². The molecule has 0 atom stereocenters. The predicted molar refractivity (Wildman–Crippen MR) is 71.4 cm³/mol. The molecule has 2 heterocycles. The molecule has 0 aromatic carbocycles. The minimum atomic E-state index is 0.289. The molecule has 0 aliphatic rings. The Bertz CT molecular complexity index is 562. The Kier molecular flexibility index (Phi) is 3.61. The first kappa shape index (κ1) is 12.3. The van der Waals surface area contributed by atoms with Gasteiger partial charge in [0.25, 0.3) is 0 Å². The Morgan fingerprint density at radius 2 is 1.76 bits per heavy atom. The van der Waals surface area contributed by atoms with Crippen LogP contribution in [0, 0.1) is 0 Å². The predicted octanol–water partition coefficient (Wildman–Crippen LogP) is 3.10. The molecule has 0 saturated carbocycles. The van der Waals surface area contributed by atoms with Crippen molar-refractivity contribution in [2.75, 3.05) is 11.5 Å². The number of anilines is 2. The smallest absolute Gasteiger partial charge is 0.143 e. The zero-order chi connectivity index (χ0) is 12.4. The van der Waals surface area contributed by atoms with Crippen molar-refractivity contribution >= 4 is 46.6 Å². The zero-order valence-corrected chi connectivity index (χ0v) is 10.9. The van der Waals surface area contributed by atoms with Crippen LogP contribution in [-0.4, -0.2) is 9.97 Å². The summed E-state index contributed by atoms with van der Waals surface area (Å²) in [5, 5.41) is 0.763. The molecule has 2 aromatic heterocycles. The fraction of sp³-hybridized carbons (Fsp3) is 0. The topological polar surface area (TPSA) is 77.8 Å². The summed E-state index contributed by atoms with van der Waals surface area (Å²) in [6.07, 6.45) is 1.59. The third-order valence-corrected chi connectivity index (χ3v) is 3.80. The van der Waals surface area contributed by atoms with E-state index in [0.717, 1.165) is 9.79 Å². The van der Waals surface area contributed by atoms with E-state index in [1.165, 1.54) is 11.8 Å². The Balaban J connectivity index is 2.35. The van der Waals surface area contributed by atoms with Gasteiger partial charge in [-0.1, -0.05) is 35.0 Å². The van der Waals surface area contributed by atoms with Gasteiger partial charge in [0, 0.05) is 11.1 Å². The summed E-state index contributed by atoms with van der Waals surface area (Å²) in [5.41, 5.74) is 11.4. The summed E-state index contributed by atoms with van der Waals surface area (Å²) in [6.45, 7) is 0. The van der Waals surface area contributed by atoms with E-state index in [2.05, 4.69) is 9.97 Å². The first-order valence-electron chi connectivity index (χ1n) is 4.58. The number of nitrogens with zero attached hydrogens (tertiary/aromatic N) is 2. The van der Waals surface area contributed by atoms with E-state index in [1.807, 2.05) is 0 Å². The molecular formula is C10H8Cl2N4S. The van der Waals surface area contributed by atoms with Gasteiger partial charge in [-0.2, -0.15) is 0 Å². The number of pyridine rings is 2. The van der Waals surface area contributed by atoms with Crippen molar-refractivity contribution in [3.8, 4) is 0 Å². The highest BCUT2D eigenvalue weighted by Crippen LogP contribution is 2.37. The van der Waals surface area contributed by atoms with Crippen LogP contribution in [0.25, 0.3) is 0 Å². The second kappa shape index (κ2) is 5.00. The van der Waals surface area contributed by atoms with Gasteiger partial charge in [0.05, 0.1) is 9.92 Å². The average Bonchev–Trinajstić information content (AvgIpc) is 2.28. The van der Waals surface area contributed by atoms with Crippen molar-refractivity contribution < 1.29 is 0 Å². The molecule has 4 N–H and O–H groups in total. The van der Waals surface area contributed by atoms with Crippen molar-refractivity contribution in [1.29, 1.82) is 0 Å². The van der Waals surface area contributed by atoms with Crippen LogP contribution < -0.4 is 11.5 Å². The lowest BCUT2D eigenvalue weighted by molar-refractivity contribution is 1.24. The molecule has 0 aliphatic heterocycles. The maximum Gasteiger partial charge on any atom is 0.143 e. The molecule has 7 heteroatoms. The molecule has 0 fully saturated rings. The van der Waals surface area contributed by atoms with Crippen LogP contribution in [-0.2, 0) is 0 Å². The summed E-state index contributed by atoms with van der Waals surface area (Å²) in [5.74, 6) is 0.645. The van der Waals surface area contributed by atoms with E-state index in [4.69, 9.17) is 34.7 Å². The highest BCUT2D eigenvalue weighted by molar-refractivity contribution is 7.99. The lowest BCUT2D eigenvalue weighted by Crippen LogP contribution is -1.94. The largest absolute Gasteiger partial charge is 0.383 e. The number of halogens is 2. The lowest BCUT2D eigenvalue weighted by Gasteiger charge is -2.07. The van der Waals surface area contributed by atoms with Gasteiger partial charge in [-0.3, -0.25) is 0 Å². The van der Waals surface area contributed by atoms with Gasteiger partial charge in [0.15, 0.2) is 0 Å². The van der Waals surface area contributed by atoms with E-state index in [1.54, 1.807) is 24.4 Å². The molecule has 0 bridgehead atoms. The van der Waals surface area contributed by atoms with Crippen molar-refractivity contribution in [1.82, 2.24) is 9.97 Å². The molecule has 0 radical (unpaired) electrons. The summed E-state index contributed by atoms with van der Waals surface area (Å²) in [4.78, 5) is 9.38. The molecule has 0 aliphatic carbocycles. The van der Waals surface area contributed by atoms with Gasteiger partial charge in [0.1, 0.15) is 16.8 Å². The van der Waals surface area contributed by atoms with Gasteiger partial charge in [-0.05, 0) is 18.2 Å². The van der Waals surface area contributed by atoms with E-state index in [9.17, 15) is 0 Å². The molecule has 2 aromatic rings. The molecule has 17 heavy (non-hydrogen) atoms. The Morgan fingerprint density at radius 3 is 2.47 bits per heavy atom. The van der Waals surface area contributed by atoms with E-state index in [-0.39, 0.29) is 5.82 Å². The third kappa shape index (κ3) is 2.74. The number of hydrogen-bond acceptors (Lipinski definition) is 5. The zero-order valence-electron chi connectivity index (χ0n) is 8.52. The summed E-state index contributed by atoms with van der Waals surface area (Å²) in [6, 6.07) is 5.21. The van der Waals surface area contributed by atoms with Crippen LogP contribution in [0.5, 0.6) is 0 Å². The molecule has 0 amide bonds. The molecule has 0 spiro atoms. The van der Waals surface area contributed by atoms with E-state index in [0.29, 0.717) is 16.0 Å². The summed E-state index contributed by atoms with van der Waals surface area (Å²) < 4.78 is 0. The maximum atomic E-state index is 6.03. The third-order valence-electron chi connectivity index (χ3n) is 1.95. The number of hydrogen-bond donors (Lipinski definition) is 2. The van der Waals surface area contributed by atoms with Gasteiger partial charge in [0.2, 0.25) is 0 Å². The quantitative estimate of drug-likeness (QED) is 0.830. The van der Waals surface area contributed by atoms with Crippen molar-refractivity contribution in [3.05, 3.63) is 34.6 Å². The number of aromatic nitrogens is 2. The van der Waals surface area contributed by atoms with Crippen LogP contribution in [0.2, 0.25) is 10.2 Å². The van der Waals surface area contributed by atoms with Gasteiger partial charge in [-0.15, -0.1) is 0 Å². The van der Waals surface area contributed by atoms with Gasteiger partial charge in [-0.25, -0.2) is 9.97 Å². The monoisotopic (exact) mass is 286 g/mol. The average molecular weight is 287 g/mol. The van der Waals surface area contributed by atoms with Crippen molar-refractivity contribution in [3.63, 3.8) is 0 Å². The minimum Gasteiger partial charge on any atom is -0.383 e. The fourth-order valence-electron chi connectivity index (χ4n) is 1.16. The minimum absolute atomic E-state index is 0.289. The summed E-state index contributed by atoms with van der Waals surface area (Å²) in [7, 11) is 0. The Morgan fingerprint density at radius 1 is 1.00 bits per heavy atom. The number of nitrogens with two attached hydrogens (primary N) is 2. The second-order valence-electron chi connectivity index (χ2n) is 3.13. The molecule has 88 valence electrons. The van der Waals surface area contributed by atoms with Crippen LogP contribution in [0.15, 0.2) is 34.2 Å². The SMILES string of the molecule is Nc1nc(Cl)ccc1Sc1ccnc(N)c1Cl. The maximum absolute atomic E-state index is 6.03. The molecule has 0 unspecified atom stereocenters. The first-order chi connectivity index (χ1) is 8.08. The van der Waals surface area contributed by atoms with Crippen molar-refractivity contribution in [2.24, 2.45) is 0 Å². The normalized spacial score (nSPS) is 10.5. The molecule has 4 nitrogen and oxygen atoms in total. The van der Waals surface area contributed by atoms with Crippen LogP contribution in [0.1, 0.15) is 0 Å². The highest BCUT2D eigenvalue weighted by atomic mass is 35.5. The molecule has 2 rings (SSSR count). The Hall–Kier alpha value is -1.17. The Labute approximate surface area is 112 Å². The van der Waals surface area contributed by atoms with Gasteiger partial charge < -0.3 is 11.5 Å². The lowest BCUT2D eigenvalue weighted by atomic mass is 10.4. The first-order valence-corrected chi connectivity index (χ1v) is 6.15. The van der Waals surface area contributed by atoms with Crippen molar-refractivity contribution in [2.45, 2.75) is 9.79 Å². The highest BCUT2D eigenvalue weighted by Gasteiger charge is 2.09. The number of nitrogen functional groups attached to an aromatic ring is 2. The van der Waals surface area contributed by atoms with Gasteiger partial charge >= 0.3 is 0 Å². The summed E-state index contributed by atoms with van der Waals surface area (Å²) >= 11 is 13.1. The van der Waals surface area contributed by atoms with E-state index < -0.39 is 0 Å². The van der Waals surface area contributed by atoms with Crippen LogP contribution in [0.3, 0.4) is 0 Å².